The van der Waals surface area contributed by atoms with Gasteiger partial charge in [-0.2, -0.15) is 0 Å². The molecule has 20 heavy (non-hydrogen) atoms. The minimum absolute atomic E-state index is 0.264. The fourth-order valence-corrected chi connectivity index (χ4v) is 2.95. The molecule has 1 fully saturated rings. The SMILES string of the molecule is CC(C)(C)C1CCC(=O)N(Cc2ccccc2N)CC1. The van der Waals surface area contributed by atoms with Gasteiger partial charge in [0, 0.05) is 25.2 Å². The topological polar surface area (TPSA) is 46.3 Å². The van der Waals surface area contributed by atoms with E-state index < -0.39 is 0 Å². The quantitative estimate of drug-likeness (QED) is 0.840. The molecule has 1 aliphatic heterocycles. The van der Waals surface area contributed by atoms with Crippen LogP contribution in [0.25, 0.3) is 0 Å². The van der Waals surface area contributed by atoms with E-state index in [0.717, 1.165) is 30.6 Å². The Morgan fingerprint density at radius 2 is 1.95 bits per heavy atom. The number of carbonyl (C=O) groups excluding carboxylic acids is 1. The Hall–Kier alpha value is -1.51. The number of likely N-dealkylation sites (tertiary alicyclic amines) is 1. The van der Waals surface area contributed by atoms with Crippen molar-refractivity contribution in [2.75, 3.05) is 12.3 Å². The zero-order valence-corrected chi connectivity index (χ0v) is 12.9. The largest absolute Gasteiger partial charge is 0.398 e. The molecular formula is C17H26N2O. The Kier molecular flexibility index (Phi) is 4.36. The maximum atomic E-state index is 12.3. The lowest BCUT2D eigenvalue weighted by Crippen LogP contribution is -2.30. The van der Waals surface area contributed by atoms with Gasteiger partial charge in [0.25, 0.3) is 0 Å². The van der Waals surface area contributed by atoms with E-state index in [1.807, 2.05) is 29.2 Å². The van der Waals surface area contributed by atoms with Crippen molar-refractivity contribution in [1.29, 1.82) is 0 Å². The van der Waals surface area contributed by atoms with E-state index in [2.05, 4.69) is 20.8 Å². The molecular weight excluding hydrogens is 248 g/mol. The highest BCUT2D eigenvalue weighted by molar-refractivity contribution is 5.76. The average Bonchev–Trinajstić information content (AvgIpc) is 2.55. The molecule has 0 radical (unpaired) electrons. The first-order valence-electron chi connectivity index (χ1n) is 7.49. The lowest BCUT2D eigenvalue weighted by molar-refractivity contribution is -0.131. The lowest BCUT2D eigenvalue weighted by atomic mass is 9.77. The van der Waals surface area contributed by atoms with Crippen LogP contribution in [0.4, 0.5) is 5.69 Å². The molecule has 110 valence electrons. The Balaban J connectivity index is 2.06. The highest BCUT2D eigenvalue weighted by Gasteiger charge is 2.29. The predicted octanol–water partition coefficient (Wildman–Crippen LogP) is 3.44. The first-order valence-corrected chi connectivity index (χ1v) is 7.49. The van der Waals surface area contributed by atoms with Gasteiger partial charge in [-0.1, -0.05) is 39.0 Å². The maximum Gasteiger partial charge on any atom is 0.222 e. The minimum atomic E-state index is 0.264. The molecule has 0 aromatic heterocycles. The number of hydrogen-bond acceptors (Lipinski definition) is 2. The number of anilines is 1. The van der Waals surface area contributed by atoms with Crippen molar-refractivity contribution in [1.82, 2.24) is 4.90 Å². The summed E-state index contributed by atoms with van der Waals surface area (Å²) in [5.74, 6) is 0.879. The summed E-state index contributed by atoms with van der Waals surface area (Å²) < 4.78 is 0. The molecule has 0 bridgehead atoms. The Bertz CT molecular complexity index is 476. The smallest absolute Gasteiger partial charge is 0.222 e. The minimum Gasteiger partial charge on any atom is -0.398 e. The first-order chi connectivity index (χ1) is 9.38. The number of hydrogen-bond donors (Lipinski definition) is 1. The van der Waals surface area contributed by atoms with Crippen LogP contribution in [0.5, 0.6) is 0 Å². The van der Waals surface area contributed by atoms with Gasteiger partial charge in [0.15, 0.2) is 0 Å². The molecule has 0 spiro atoms. The summed E-state index contributed by atoms with van der Waals surface area (Å²) in [6.45, 7) is 8.30. The van der Waals surface area contributed by atoms with Crippen LogP contribution in [0.2, 0.25) is 0 Å². The summed E-state index contributed by atoms with van der Waals surface area (Å²) in [6.07, 6.45) is 2.75. The van der Waals surface area contributed by atoms with Crippen LogP contribution in [0, 0.1) is 11.3 Å². The van der Waals surface area contributed by atoms with Crippen LogP contribution in [0.3, 0.4) is 0 Å². The Morgan fingerprint density at radius 3 is 2.60 bits per heavy atom. The van der Waals surface area contributed by atoms with Crippen molar-refractivity contribution in [3.63, 3.8) is 0 Å². The van der Waals surface area contributed by atoms with Crippen LogP contribution < -0.4 is 5.73 Å². The van der Waals surface area contributed by atoms with Gasteiger partial charge in [-0.3, -0.25) is 4.79 Å². The molecule has 1 amide bonds. The molecule has 1 aliphatic rings. The van der Waals surface area contributed by atoms with E-state index >= 15 is 0 Å². The molecule has 2 rings (SSSR count). The fraction of sp³-hybridized carbons (Fsp3) is 0.588. The van der Waals surface area contributed by atoms with Crippen LogP contribution in [0.15, 0.2) is 24.3 Å². The van der Waals surface area contributed by atoms with Crippen molar-refractivity contribution in [2.24, 2.45) is 11.3 Å². The zero-order chi connectivity index (χ0) is 14.8. The van der Waals surface area contributed by atoms with Crippen LogP contribution in [-0.2, 0) is 11.3 Å². The van der Waals surface area contributed by atoms with Crippen molar-refractivity contribution in [3.05, 3.63) is 29.8 Å². The molecule has 1 aromatic rings. The number of benzene rings is 1. The van der Waals surface area contributed by atoms with E-state index in [0.29, 0.717) is 18.9 Å². The molecule has 1 aromatic carbocycles. The van der Waals surface area contributed by atoms with Crippen molar-refractivity contribution >= 4 is 11.6 Å². The van der Waals surface area contributed by atoms with Gasteiger partial charge in [0.2, 0.25) is 5.91 Å². The Morgan fingerprint density at radius 1 is 1.25 bits per heavy atom. The number of para-hydroxylation sites is 1. The number of nitrogens with two attached hydrogens (primary N) is 1. The van der Waals surface area contributed by atoms with E-state index in [1.165, 1.54) is 0 Å². The van der Waals surface area contributed by atoms with Crippen LogP contribution in [-0.4, -0.2) is 17.4 Å². The molecule has 3 heteroatoms. The third kappa shape index (κ3) is 3.53. The monoisotopic (exact) mass is 274 g/mol. The van der Waals surface area contributed by atoms with Gasteiger partial charge in [0.05, 0.1) is 0 Å². The predicted molar refractivity (Wildman–Crippen MR) is 83.1 cm³/mol. The fourth-order valence-electron chi connectivity index (χ4n) is 2.95. The molecule has 1 unspecified atom stereocenters. The second kappa shape index (κ2) is 5.86. The number of rotatable bonds is 2. The number of amides is 1. The standard InChI is InChI=1S/C17H26N2O/c1-17(2,3)14-8-9-16(20)19(11-10-14)12-13-6-4-5-7-15(13)18/h4-7,14H,8-12,18H2,1-3H3. The third-order valence-corrected chi connectivity index (χ3v) is 4.45. The zero-order valence-electron chi connectivity index (χ0n) is 12.9. The molecule has 0 aliphatic carbocycles. The third-order valence-electron chi connectivity index (χ3n) is 4.45. The molecule has 3 nitrogen and oxygen atoms in total. The van der Waals surface area contributed by atoms with Gasteiger partial charge < -0.3 is 10.6 Å². The van der Waals surface area contributed by atoms with Crippen molar-refractivity contribution in [3.8, 4) is 0 Å². The molecule has 1 heterocycles. The van der Waals surface area contributed by atoms with Gasteiger partial charge in [-0.15, -0.1) is 0 Å². The number of nitrogen functional groups attached to an aromatic ring is 1. The van der Waals surface area contributed by atoms with E-state index in [-0.39, 0.29) is 11.3 Å². The highest BCUT2D eigenvalue weighted by atomic mass is 16.2. The highest BCUT2D eigenvalue weighted by Crippen LogP contribution is 2.34. The van der Waals surface area contributed by atoms with Gasteiger partial charge in [0.1, 0.15) is 0 Å². The summed E-state index contributed by atoms with van der Waals surface area (Å²) >= 11 is 0. The van der Waals surface area contributed by atoms with Crippen molar-refractivity contribution in [2.45, 2.75) is 46.6 Å². The lowest BCUT2D eigenvalue weighted by Gasteiger charge is -2.29. The van der Waals surface area contributed by atoms with Crippen LogP contribution in [0.1, 0.15) is 45.6 Å². The molecule has 2 N–H and O–H groups in total. The normalized spacial score (nSPS) is 20.9. The summed E-state index contributed by atoms with van der Waals surface area (Å²) in [4.78, 5) is 14.3. The number of carbonyl (C=O) groups is 1. The molecule has 1 saturated heterocycles. The van der Waals surface area contributed by atoms with Gasteiger partial charge >= 0.3 is 0 Å². The van der Waals surface area contributed by atoms with Crippen LogP contribution >= 0.6 is 0 Å². The maximum absolute atomic E-state index is 12.3. The number of nitrogens with zero attached hydrogens (tertiary/aromatic N) is 1. The summed E-state index contributed by atoms with van der Waals surface area (Å²) in [5.41, 5.74) is 8.09. The summed E-state index contributed by atoms with van der Waals surface area (Å²) in [6, 6.07) is 7.81. The van der Waals surface area contributed by atoms with E-state index in [9.17, 15) is 4.79 Å². The summed E-state index contributed by atoms with van der Waals surface area (Å²) in [7, 11) is 0. The van der Waals surface area contributed by atoms with E-state index in [1.54, 1.807) is 0 Å². The summed E-state index contributed by atoms with van der Waals surface area (Å²) in [5, 5.41) is 0. The molecule has 0 saturated carbocycles. The second-order valence-corrected chi connectivity index (χ2v) is 6.90. The average molecular weight is 274 g/mol. The van der Waals surface area contributed by atoms with Gasteiger partial charge in [-0.05, 0) is 35.8 Å². The van der Waals surface area contributed by atoms with Crippen molar-refractivity contribution < 1.29 is 4.79 Å². The second-order valence-electron chi connectivity index (χ2n) is 6.90. The first kappa shape index (κ1) is 14.9. The Labute approximate surface area is 122 Å². The molecule has 1 atom stereocenters. The van der Waals surface area contributed by atoms with Gasteiger partial charge in [-0.25, -0.2) is 0 Å². The van der Waals surface area contributed by atoms with E-state index in [4.69, 9.17) is 5.73 Å².